The number of guanidine groups is 1. The molecular formula is C24H41IN6O2. The first-order valence-electron chi connectivity index (χ1n) is 11.7. The Hall–Kier alpha value is -1.59. The molecule has 0 spiro atoms. The molecule has 1 amide bonds. The third-order valence-electron chi connectivity index (χ3n) is 6.70. The summed E-state index contributed by atoms with van der Waals surface area (Å²) in [5.41, 5.74) is 1.20. The Morgan fingerprint density at radius 1 is 1.12 bits per heavy atom. The Morgan fingerprint density at radius 3 is 2.36 bits per heavy atom. The molecule has 1 aromatic carbocycles. The number of nitrogens with zero attached hydrogens (tertiary/aromatic N) is 5. The van der Waals surface area contributed by atoms with Crippen molar-refractivity contribution in [1.82, 2.24) is 24.9 Å². The first-order chi connectivity index (χ1) is 15.4. The molecule has 2 heterocycles. The highest BCUT2D eigenvalue weighted by atomic mass is 127. The van der Waals surface area contributed by atoms with E-state index >= 15 is 0 Å². The van der Waals surface area contributed by atoms with Crippen molar-refractivity contribution in [3.63, 3.8) is 0 Å². The molecular weight excluding hydrogens is 531 g/mol. The predicted octanol–water partition coefficient (Wildman–Crippen LogP) is 2.12. The lowest BCUT2D eigenvalue weighted by atomic mass is 10.1. The largest absolute Gasteiger partial charge is 0.497 e. The molecule has 0 radical (unpaired) electrons. The third kappa shape index (κ3) is 7.19. The quantitative estimate of drug-likeness (QED) is 0.307. The van der Waals surface area contributed by atoms with E-state index in [-0.39, 0.29) is 42.0 Å². The van der Waals surface area contributed by atoms with Crippen LogP contribution in [0.1, 0.15) is 31.4 Å². The average molecular weight is 573 g/mol. The Morgan fingerprint density at radius 2 is 1.79 bits per heavy atom. The number of likely N-dealkylation sites (N-methyl/N-ethyl adjacent to an activating group) is 1. The first kappa shape index (κ1) is 27.7. The van der Waals surface area contributed by atoms with Gasteiger partial charge in [0, 0.05) is 52.9 Å². The van der Waals surface area contributed by atoms with Gasteiger partial charge in [0.15, 0.2) is 5.96 Å². The van der Waals surface area contributed by atoms with Crippen molar-refractivity contribution in [3.8, 4) is 5.75 Å². The Kier molecular flexibility index (Phi) is 11.2. The van der Waals surface area contributed by atoms with Gasteiger partial charge in [0.2, 0.25) is 5.91 Å². The smallest absolute Gasteiger partial charge is 0.239 e. The highest BCUT2D eigenvalue weighted by molar-refractivity contribution is 14.0. The number of benzene rings is 1. The summed E-state index contributed by atoms with van der Waals surface area (Å²) in [5, 5.41) is 3.57. The third-order valence-corrected chi connectivity index (χ3v) is 6.70. The van der Waals surface area contributed by atoms with Crippen LogP contribution in [0.3, 0.4) is 0 Å². The molecule has 1 N–H and O–H groups in total. The number of amides is 1. The second-order valence-electron chi connectivity index (χ2n) is 8.92. The van der Waals surface area contributed by atoms with Crippen molar-refractivity contribution < 1.29 is 9.53 Å². The van der Waals surface area contributed by atoms with E-state index in [9.17, 15) is 4.79 Å². The van der Waals surface area contributed by atoms with Crippen molar-refractivity contribution in [3.05, 3.63) is 29.8 Å². The minimum absolute atomic E-state index is 0. The summed E-state index contributed by atoms with van der Waals surface area (Å²) in [7, 11) is 7.71. The summed E-state index contributed by atoms with van der Waals surface area (Å²) in [6.45, 7) is 8.10. The van der Waals surface area contributed by atoms with Gasteiger partial charge in [-0.2, -0.15) is 0 Å². The molecule has 186 valence electrons. The number of hydrogen-bond donors (Lipinski definition) is 1. The van der Waals surface area contributed by atoms with Crippen molar-refractivity contribution in [2.45, 2.75) is 31.8 Å². The fraction of sp³-hybridized carbons (Fsp3) is 0.667. The molecule has 3 rings (SSSR count). The number of halogens is 1. The van der Waals surface area contributed by atoms with Gasteiger partial charge in [-0.05, 0) is 51.6 Å². The molecule has 2 aliphatic rings. The Labute approximate surface area is 216 Å². The fourth-order valence-electron chi connectivity index (χ4n) is 4.65. The number of hydrogen-bond acceptors (Lipinski definition) is 5. The van der Waals surface area contributed by atoms with Crippen molar-refractivity contribution in [1.29, 1.82) is 0 Å². The van der Waals surface area contributed by atoms with E-state index in [2.05, 4.69) is 58.2 Å². The Balaban J connectivity index is 0.00000385. The molecule has 2 saturated heterocycles. The molecule has 0 aliphatic carbocycles. The molecule has 0 bridgehead atoms. The van der Waals surface area contributed by atoms with Crippen molar-refractivity contribution >= 4 is 35.8 Å². The zero-order valence-electron chi connectivity index (χ0n) is 20.8. The highest BCUT2D eigenvalue weighted by Gasteiger charge is 2.30. The van der Waals surface area contributed by atoms with Gasteiger partial charge in [-0.1, -0.05) is 12.1 Å². The van der Waals surface area contributed by atoms with Gasteiger partial charge in [-0.25, -0.2) is 0 Å². The zero-order valence-corrected chi connectivity index (χ0v) is 23.1. The molecule has 33 heavy (non-hydrogen) atoms. The number of nitrogens with one attached hydrogen (secondary N) is 1. The van der Waals surface area contributed by atoms with Gasteiger partial charge in [0.25, 0.3) is 0 Å². The monoisotopic (exact) mass is 572 g/mol. The van der Waals surface area contributed by atoms with Crippen LogP contribution in [0, 0.1) is 0 Å². The van der Waals surface area contributed by atoms with E-state index in [1.165, 1.54) is 5.56 Å². The maximum atomic E-state index is 12.8. The number of aliphatic imine (C=N–C) groups is 1. The summed E-state index contributed by atoms with van der Waals surface area (Å²) in [5.74, 6) is 2.07. The van der Waals surface area contributed by atoms with Gasteiger partial charge in [-0.15, -0.1) is 24.0 Å². The summed E-state index contributed by atoms with van der Waals surface area (Å²) < 4.78 is 5.40. The molecule has 8 nitrogen and oxygen atoms in total. The lowest BCUT2D eigenvalue weighted by Gasteiger charge is -2.40. The van der Waals surface area contributed by atoms with Gasteiger partial charge < -0.3 is 24.8 Å². The SMILES string of the molecule is CN=C(NCC(c1cccc(OC)c1)N(C)C)N1CCN(C(C)C(=O)N2CCCC2)CC1.I. The summed E-state index contributed by atoms with van der Waals surface area (Å²) >= 11 is 0. The fourth-order valence-corrected chi connectivity index (χ4v) is 4.65. The van der Waals surface area contributed by atoms with Crippen LogP contribution in [0.5, 0.6) is 5.75 Å². The maximum Gasteiger partial charge on any atom is 0.239 e. The molecule has 2 unspecified atom stereocenters. The number of ether oxygens (including phenoxy) is 1. The zero-order chi connectivity index (χ0) is 23.1. The number of rotatable bonds is 7. The van der Waals surface area contributed by atoms with Crippen molar-refractivity contribution in [2.24, 2.45) is 4.99 Å². The number of carbonyl (C=O) groups is 1. The van der Waals surface area contributed by atoms with Crippen LogP contribution in [-0.2, 0) is 4.79 Å². The average Bonchev–Trinajstić information content (AvgIpc) is 3.36. The lowest BCUT2D eigenvalue weighted by Crippen LogP contribution is -2.57. The first-order valence-corrected chi connectivity index (χ1v) is 11.7. The summed E-state index contributed by atoms with van der Waals surface area (Å²) in [6, 6.07) is 8.38. The Bertz CT molecular complexity index is 776. The van der Waals surface area contributed by atoms with Crippen LogP contribution in [0.4, 0.5) is 0 Å². The van der Waals surface area contributed by atoms with Gasteiger partial charge in [0.05, 0.1) is 19.2 Å². The topological polar surface area (TPSA) is 63.7 Å². The van der Waals surface area contributed by atoms with E-state index < -0.39 is 0 Å². The van der Waals surface area contributed by atoms with E-state index in [0.29, 0.717) is 0 Å². The standard InChI is InChI=1S/C24H40N6O2.HI/c1-19(23(31)29-11-6-7-12-29)28-13-15-30(16-14-28)24(25-2)26-18-22(27(3)4)20-9-8-10-21(17-20)32-5;/h8-10,17,19,22H,6-7,11-16,18H2,1-5H3,(H,25,26);1H. The van der Waals surface area contributed by atoms with E-state index in [0.717, 1.165) is 70.4 Å². The molecule has 9 heteroatoms. The van der Waals surface area contributed by atoms with E-state index in [1.807, 2.05) is 24.1 Å². The van der Waals surface area contributed by atoms with Gasteiger partial charge in [-0.3, -0.25) is 14.7 Å². The maximum absolute atomic E-state index is 12.8. The molecule has 1 aromatic rings. The second-order valence-corrected chi connectivity index (χ2v) is 8.92. The molecule has 2 atom stereocenters. The van der Waals surface area contributed by atoms with Gasteiger partial charge >= 0.3 is 0 Å². The van der Waals surface area contributed by atoms with Crippen LogP contribution in [0.2, 0.25) is 0 Å². The molecule has 2 fully saturated rings. The molecule has 2 aliphatic heterocycles. The highest BCUT2D eigenvalue weighted by Crippen LogP contribution is 2.22. The van der Waals surface area contributed by atoms with Crippen LogP contribution in [0.25, 0.3) is 0 Å². The van der Waals surface area contributed by atoms with Crippen LogP contribution in [0.15, 0.2) is 29.3 Å². The van der Waals surface area contributed by atoms with Crippen molar-refractivity contribution in [2.75, 3.05) is 74.1 Å². The summed E-state index contributed by atoms with van der Waals surface area (Å²) in [4.78, 5) is 26.1. The van der Waals surface area contributed by atoms with Crippen LogP contribution in [-0.4, -0.2) is 112 Å². The number of methoxy groups -OCH3 is 1. The van der Waals surface area contributed by atoms with Crippen LogP contribution < -0.4 is 10.1 Å². The number of carbonyl (C=O) groups excluding carboxylic acids is 1. The number of piperazine rings is 1. The molecule has 0 aromatic heterocycles. The summed E-state index contributed by atoms with van der Waals surface area (Å²) in [6.07, 6.45) is 2.27. The van der Waals surface area contributed by atoms with E-state index in [1.54, 1.807) is 7.11 Å². The van der Waals surface area contributed by atoms with Crippen LogP contribution >= 0.6 is 24.0 Å². The predicted molar refractivity (Wildman–Crippen MR) is 145 cm³/mol. The normalized spacial score (nSPS) is 19.3. The minimum atomic E-state index is -0.0450. The lowest BCUT2D eigenvalue weighted by molar-refractivity contribution is -0.135. The van der Waals surface area contributed by atoms with Gasteiger partial charge in [0.1, 0.15) is 5.75 Å². The minimum Gasteiger partial charge on any atom is -0.497 e. The molecule has 0 saturated carbocycles. The number of likely N-dealkylation sites (tertiary alicyclic amines) is 1. The van der Waals surface area contributed by atoms with E-state index in [4.69, 9.17) is 4.74 Å². The second kappa shape index (κ2) is 13.3.